The number of fused-ring (bicyclic) bond motifs is 2. The fraction of sp³-hybridized carbons (Fsp3) is 0.524. The maximum Gasteiger partial charge on any atom is 0.410 e. The van der Waals surface area contributed by atoms with Crippen LogP contribution in [0.1, 0.15) is 27.2 Å². The van der Waals surface area contributed by atoms with E-state index in [9.17, 15) is 9.18 Å². The van der Waals surface area contributed by atoms with Crippen LogP contribution in [-0.2, 0) is 4.74 Å². The Kier molecular flexibility index (Phi) is 4.44. The molecule has 2 aliphatic rings. The molecule has 0 spiro atoms. The van der Waals surface area contributed by atoms with E-state index < -0.39 is 5.60 Å². The van der Waals surface area contributed by atoms with E-state index in [1.807, 2.05) is 31.7 Å². The van der Waals surface area contributed by atoms with E-state index in [0.29, 0.717) is 18.4 Å². The SMILES string of the molecule is CC(C)(C)OC(=O)N1CCC2CN(c3ccnc4ccc(F)cc34)CC2C1. The van der Waals surface area contributed by atoms with Gasteiger partial charge in [0, 0.05) is 43.4 Å². The fourth-order valence-electron chi connectivity index (χ4n) is 4.24. The zero-order valence-electron chi connectivity index (χ0n) is 16.1. The second kappa shape index (κ2) is 6.66. The van der Waals surface area contributed by atoms with E-state index in [0.717, 1.165) is 42.6 Å². The lowest BCUT2D eigenvalue weighted by atomic mass is 9.89. The summed E-state index contributed by atoms with van der Waals surface area (Å²) in [5, 5.41) is 0.847. The number of likely N-dealkylation sites (tertiary alicyclic amines) is 1. The van der Waals surface area contributed by atoms with Gasteiger partial charge in [0.25, 0.3) is 0 Å². The van der Waals surface area contributed by atoms with Crippen LogP contribution in [0.25, 0.3) is 10.9 Å². The Balaban J connectivity index is 1.51. The second-order valence-corrected chi connectivity index (χ2v) is 8.63. The summed E-state index contributed by atoms with van der Waals surface area (Å²) in [7, 11) is 0. The molecular weight excluding hydrogens is 345 g/mol. The fourth-order valence-corrected chi connectivity index (χ4v) is 4.24. The van der Waals surface area contributed by atoms with E-state index >= 15 is 0 Å². The highest BCUT2D eigenvalue weighted by atomic mass is 19.1. The third-order valence-electron chi connectivity index (χ3n) is 5.47. The number of halogens is 1. The summed E-state index contributed by atoms with van der Waals surface area (Å²) in [5.41, 5.74) is 1.35. The number of hydrogen-bond donors (Lipinski definition) is 0. The Morgan fingerprint density at radius 2 is 1.96 bits per heavy atom. The van der Waals surface area contributed by atoms with Crippen LogP contribution >= 0.6 is 0 Å². The average molecular weight is 371 g/mol. The summed E-state index contributed by atoms with van der Waals surface area (Å²) < 4.78 is 19.3. The number of nitrogens with zero attached hydrogens (tertiary/aromatic N) is 3. The van der Waals surface area contributed by atoms with Crippen LogP contribution in [0.5, 0.6) is 0 Å². The molecule has 2 unspecified atom stereocenters. The second-order valence-electron chi connectivity index (χ2n) is 8.63. The number of hydrogen-bond acceptors (Lipinski definition) is 4. The largest absolute Gasteiger partial charge is 0.444 e. The van der Waals surface area contributed by atoms with Crippen LogP contribution in [-0.4, -0.2) is 47.8 Å². The van der Waals surface area contributed by atoms with Gasteiger partial charge in [0.15, 0.2) is 0 Å². The zero-order chi connectivity index (χ0) is 19.2. The lowest BCUT2D eigenvalue weighted by molar-refractivity contribution is 0.0140. The molecule has 1 aromatic carbocycles. The topological polar surface area (TPSA) is 45.7 Å². The first-order chi connectivity index (χ1) is 12.8. The first kappa shape index (κ1) is 18.0. The zero-order valence-corrected chi connectivity index (χ0v) is 16.1. The number of rotatable bonds is 1. The van der Waals surface area contributed by atoms with Gasteiger partial charge in [-0.25, -0.2) is 9.18 Å². The minimum atomic E-state index is -0.477. The molecule has 2 atom stereocenters. The Morgan fingerprint density at radius 1 is 1.19 bits per heavy atom. The van der Waals surface area contributed by atoms with Gasteiger partial charge in [-0.2, -0.15) is 0 Å². The van der Waals surface area contributed by atoms with Gasteiger partial charge < -0.3 is 14.5 Å². The lowest BCUT2D eigenvalue weighted by Crippen LogP contribution is -2.45. The van der Waals surface area contributed by atoms with Gasteiger partial charge in [0.2, 0.25) is 0 Å². The van der Waals surface area contributed by atoms with Crippen molar-refractivity contribution in [3.05, 3.63) is 36.3 Å². The lowest BCUT2D eigenvalue weighted by Gasteiger charge is -2.35. The molecule has 1 aromatic heterocycles. The van der Waals surface area contributed by atoms with Crippen molar-refractivity contribution < 1.29 is 13.9 Å². The molecule has 0 N–H and O–H groups in total. The Bertz CT molecular complexity index is 864. The van der Waals surface area contributed by atoms with Crippen molar-refractivity contribution in [3.8, 4) is 0 Å². The molecule has 2 aliphatic heterocycles. The summed E-state index contributed by atoms with van der Waals surface area (Å²) in [6.45, 7) is 8.92. The number of anilines is 1. The van der Waals surface area contributed by atoms with Crippen LogP contribution in [0, 0.1) is 17.7 Å². The number of benzene rings is 1. The summed E-state index contributed by atoms with van der Waals surface area (Å²) in [4.78, 5) is 20.9. The van der Waals surface area contributed by atoms with Crippen LogP contribution in [0.3, 0.4) is 0 Å². The Hall–Kier alpha value is -2.37. The van der Waals surface area contributed by atoms with Crippen LogP contribution in [0.2, 0.25) is 0 Å². The monoisotopic (exact) mass is 371 g/mol. The van der Waals surface area contributed by atoms with E-state index in [2.05, 4.69) is 9.88 Å². The summed E-state index contributed by atoms with van der Waals surface area (Å²) >= 11 is 0. The van der Waals surface area contributed by atoms with Crippen molar-refractivity contribution >= 4 is 22.7 Å². The van der Waals surface area contributed by atoms with Crippen LogP contribution in [0.15, 0.2) is 30.5 Å². The highest BCUT2D eigenvalue weighted by molar-refractivity contribution is 5.91. The van der Waals surface area contributed by atoms with Gasteiger partial charge in [-0.05, 0) is 63.3 Å². The third-order valence-corrected chi connectivity index (χ3v) is 5.47. The molecule has 2 saturated heterocycles. The van der Waals surface area contributed by atoms with Crippen molar-refractivity contribution in [2.45, 2.75) is 32.8 Å². The van der Waals surface area contributed by atoms with Crippen LogP contribution in [0.4, 0.5) is 14.9 Å². The van der Waals surface area contributed by atoms with Crippen LogP contribution < -0.4 is 4.90 Å². The number of carbonyl (C=O) groups excluding carboxylic acids is 1. The summed E-state index contributed by atoms with van der Waals surface area (Å²) in [5.74, 6) is 0.702. The molecule has 0 radical (unpaired) electrons. The molecular formula is C21H26FN3O2. The molecule has 1 amide bonds. The van der Waals surface area contributed by atoms with Crippen molar-refractivity contribution in [1.82, 2.24) is 9.88 Å². The van der Waals surface area contributed by atoms with Crippen molar-refractivity contribution in [2.75, 3.05) is 31.1 Å². The highest BCUT2D eigenvalue weighted by Crippen LogP contribution is 2.37. The number of aromatic nitrogens is 1. The van der Waals surface area contributed by atoms with E-state index in [-0.39, 0.29) is 11.9 Å². The number of amides is 1. The first-order valence-electron chi connectivity index (χ1n) is 9.57. The number of ether oxygens (including phenoxy) is 1. The predicted molar refractivity (Wildman–Crippen MR) is 103 cm³/mol. The van der Waals surface area contributed by atoms with Crippen molar-refractivity contribution in [2.24, 2.45) is 11.8 Å². The first-order valence-corrected chi connectivity index (χ1v) is 9.57. The standard InChI is InChI=1S/C21H26FN3O2/c1-21(2,3)27-20(26)24-9-7-14-11-25(13-15(14)12-24)19-6-8-23-18-5-4-16(22)10-17(18)19/h4-6,8,10,14-15H,7,9,11-13H2,1-3H3. The van der Waals surface area contributed by atoms with Crippen molar-refractivity contribution in [3.63, 3.8) is 0 Å². The van der Waals surface area contributed by atoms with Gasteiger partial charge in [-0.15, -0.1) is 0 Å². The van der Waals surface area contributed by atoms with Gasteiger partial charge in [0.05, 0.1) is 5.52 Å². The maximum absolute atomic E-state index is 13.8. The Morgan fingerprint density at radius 3 is 2.74 bits per heavy atom. The number of pyridine rings is 1. The summed E-state index contributed by atoms with van der Waals surface area (Å²) in [6.07, 6.45) is 2.53. The number of piperidine rings is 1. The molecule has 4 rings (SSSR count). The molecule has 0 saturated carbocycles. The van der Waals surface area contributed by atoms with Gasteiger partial charge in [0.1, 0.15) is 11.4 Å². The third kappa shape index (κ3) is 3.70. The minimum absolute atomic E-state index is 0.226. The molecule has 0 aliphatic carbocycles. The average Bonchev–Trinajstić information content (AvgIpc) is 3.02. The molecule has 6 heteroatoms. The number of carbonyl (C=O) groups is 1. The smallest absolute Gasteiger partial charge is 0.410 e. The molecule has 5 nitrogen and oxygen atoms in total. The normalized spacial score (nSPS) is 22.8. The van der Waals surface area contributed by atoms with Crippen molar-refractivity contribution in [1.29, 1.82) is 0 Å². The highest BCUT2D eigenvalue weighted by Gasteiger charge is 2.39. The van der Waals surface area contributed by atoms with E-state index in [1.54, 1.807) is 18.3 Å². The van der Waals surface area contributed by atoms with Gasteiger partial charge in [-0.1, -0.05) is 0 Å². The molecule has 27 heavy (non-hydrogen) atoms. The molecule has 2 fully saturated rings. The van der Waals surface area contributed by atoms with E-state index in [1.165, 1.54) is 6.07 Å². The van der Waals surface area contributed by atoms with Gasteiger partial charge >= 0.3 is 6.09 Å². The molecule has 3 heterocycles. The summed E-state index contributed by atoms with van der Waals surface area (Å²) in [6, 6.07) is 6.69. The minimum Gasteiger partial charge on any atom is -0.444 e. The molecule has 144 valence electrons. The molecule has 2 aromatic rings. The van der Waals surface area contributed by atoms with Gasteiger partial charge in [-0.3, -0.25) is 4.98 Å². The van der Waals surface area contributed by atoms with E-state index in [4.69, 9.17) is 4.74 Å². The Labute approximate surface area is 159 Å². The molecule has 0 bridgehead atoms. The predicted octanol–water partition coefficient (Wildman–Crippen LogP) is 4.07. The maximum atomic E-state index is 13.8. The quantitative estimate of drug-likeness (QED) is 0.758.